The van der Waals surface area contributed by atoms with Gasteiger partial charge in [0.2, 0.25) is 5.65 Å². The molecule has 0 bridgehead atoms. The van der Waals surface area contributed by atoms with E-state index in [1.54, 1.807) is 30.2 Å². The van der Waals surface area contributed by atoms with Gasteiger partial charge in [0.05, 0.1) is 17.9 Å². The van der Waals surface area contributed by atoms with Gasteiger partial charge in [-0.25, -0.2) is 9.07 Å². The normalized spacial score (nSPS) is 18.1. The molecule has 0 unspecified atom stereocenters. The van der Waals surface area contributed by atoms with E-state index < -0.39 is 5.82 Å². The van der Waals surface area contributed by atoms with Crippen LogP contribution < -0.4 is 5.32 Å². The Hall–Kier alpha value is -3.40. The first kappa shape index (κ1) is 21.4. The largest absolute Gasteiger partial charge is 0.507 e. The molecular weight excluding hydrogens is 423 g/mol. The minimum atomic E-state index is -0.486. The lowest BCUT2D eigenvalue weighted by molar-refractivity contribution is 0.127. The van der Waals surface area contributed by atoms with Gasteiger partial charge in [-0.3, -0.25) is 4.68 Å². The number of nitrogens with zero attached hydrogens (tertiary/aromatic N) is 7. The maximum absolute atomic E-state index is 14.9. The first-order valence-electron chi connectivity index (χ1n) is 10.9. The van der Waals surface area contributed by atoms with Gasteiger partial charge in [0.25, 0.3) is 0 Å². The maximum Gasteiger partial charge on any atom is 0.201 e. The molecule has 1 fully saturated rings. The molecule has 1 aromatic carbocycles. The summed E-state index contributed by atoms with van der Waals surface area (Å²) in [5.74, 6) is -0.585. The molecule has 4 heterocycles. The summed E-state index contributed by atoms with van der Waals surface area (Å²) < 4.78 is 18.3. The Labute approximate surface area is 190 Å². The zero-order valence-electron chi connectivity index (χ0n) is 19.3. The number of piperidine rings is 1. The van der Waals surface area contributed by atoms with E-state index in [2.05, 4.69) is 58.6 Å². The molecule has 0 amide bonds. The van der Waals surface area contributed by atoms with Crippen LogP contribution in [0.1, 0.15) is 46.6 Å². The van der Waals surface area contributed by atoms with Crippen LogP contribution in [0.3, 0.4) is 0 Å². The summed E-state index contributed by atoms with van der Waals surface area (Å²) >= 11 is 0. The summed E-state index contributed by atoms with van der Waals surface area (Å²) in [6.45, 7) is 8.71. The second kappa shape index (κ2) is 7.31. The van der Waals surface area contributed by atoms with Gasteiger partial charge in [-0.1, -0.05) is 5.21 Å². The Bertz CT molecular complexity index is 1340. The number of fused-ring (bicyclic) bond motifs is 1. The van der Waals surface area contributed by atoms with Gasteiger partial charge >= 0.3 is 0 Å². The Morgan fingerprint density at radius 1 is 1.03 bits per heavy atom. The minimum Gasteiger partial charge on any atom is -0.507 e. The van der Waals surface area contributed by atoms with E-state index in [0.717, 1.165) is 12.8 Å². The molecule has 1 saturated heterocycles. The smallest absolute Gasteiger partial charge is 0.201 e. The van der Waals surface area contributed by atoms with E-state index in [-0.39, 0.29) is 34.0 Å². The van der Waals surface area contributed by atoms with E-state index in [0.29, 0.717) is 22.4 Å². The average molecular weight is 451 g/mol. The van der Waals surface area contributed by atoms with Crippen LogP contribution in [0, 0.1) is 5.82 Å². The van der Waals surface area contributed by atoms with Crippen molar-refractivity contribution in [3.63, 3.8) is 0 Å². The fourth-order valence-corrected chi connectivity index (χ4v) is 5.12. The zero-order chi connectivity index (χ0) is 23.5. The first-order chi connectivity index (χ1) is 15.5. The Balaban J connectivity index is 1.51. The van der Waals surface area contributed by atoms with Crippen molar-refractivity contribution in [1.82, 2.24) is 40.3 Å². The second-order valence-electron chi connectivity index (χ2n) is 10.2. The highest BCUT2D eigenvalue weighted by Gasteiger charge is 2.39. The summed E-state index contributed by atoms with van der Waals surface area (Å²) in [4.78, 5) is 0. The van der Waals surface area contributed by atoms with Crippen LogP contribution in [0.5, 0.6) is 5.75 Å². The van der Waals surface area contributed by atoms with Crippen molar-refractivity contribution in [3.05, 3.63) is 36.4 Å². The Morgan fingerprint density at radius 2 is 1.76 bits per heavy atom. The molecule has 9 nitrogen and oxygen atoms in total. The van der Waals surface area contributed by atoms with Gasteiger partial charge < -0.3 is 10.4 Å². The summed E-state index contributed by atoms with van der Waals surface area (Å²) in [5, 5.41) is 35.7. The lowest BCUT2D eigenvalue weighted by atomic mass is 9.80. The molecular formula is C23H27FN8O. The highest BCUT2D eigenvalue weighted by atomic mass is 19.1. The molecule has 2 N–H and O–H groups in total. The van der Waals surface area contributed by atoms with Gasteiger partial charge in [-0.05, 0) is 58.7 Å². The molecule has 0 aliphatic carbocycles. The number of phenolic OH excluding ortho intramolecular Hbond substituents is 1. The van der Waals surface area contributed by atoms with Crippen molar-refractivity contribution < 1.29 is 9.50 Å². The van der Waals surface area contributed by atoms with Gasteiger partial charge in [0, 0.05) is 41.0 Å². The summed E-state index contributed by atoms with van der Waals surface area (Å²) in [7, 11) is 1.75. The number of hydrogen-bond acceptors (Lipinski definition) is 7. The van der Waals surface area contributed by atoms with Crippen molar-refractivity contribution in [2.24, 2.45) is 7.05 Å². The Kier molecular flexibility index (Phi) is 4.75. The van der Waals surface area contributed by atoms with E-state index >= 15 is 0 Å². The van der Waals surface area contributed by atoms with Crippen molar-refractivity contribution in [1.29, 1.82) is 0 Å². The number of aryl methyl sites for hydroxylation is 1. The van der Waals surface area contributed by atoms with Crippen molar-refractivity contribution in [3.8, 4) is 28.1 Å². The Morgan fingerprint density at radius 3 is 2.42 bits per heavy atom. The van der Waals surface area contributed by atoms with Crippen LogP contribution in [0.4, 0.5) is 4.39 Å². The molecule has 1 aliphatic rings. The quantitative estimate of drug-likeness (QED) is 0.491. The van der Waals surface area contributed by atoms with Crippen LogP contribution in [0.25, 0.3) is 33.5 Å². The summed E-state index contributed by atoms with van der Waals surface area (Å²) in [6.07, 6.45) is 4.98. The van der Waals surface area contributed by atoms with Crippen LogP contribution in [-0.4, -0.2) is 51.2 Å². The second-order valence-corrected chi connectivity index (χ2v) is 10.2. The lowest BCUT2D eigenvalue weighted by Crippen LogP contribution is -2.58. The topological polar surface area (TPSA) is 107 Å². The number of rotatable bonds is 3. The zero-order valence-corrected chi connectivity index (χ0v) is 19.3. The van der Waals surface area contributed by atoms with E-state index in [4.69, 9.17) is 0 Å². The summed E-state index contributed by atoms with van der Waals surface area (Å²) in [5.41, 5.74) is 2.42. The monoisotopic (exact) mass is 450 g/mol. The predicted molar refractivity (Wildman–Crippen MR) is 122 cm³/mol. The van der Waals surface area contributed by atoms with Crippen LogP contribution in [0.2, 0.25) is 0 Å². The average Bonchev–Trinajstić information content (AvgIpc) is 3.32. The third-order valence-corrected chi connectivity index (χ3v) is 6.11. The first-order valence-corrected chi connectivity index (χ1v) is 10.9. The molecule has 3 aromatic heterocycles. The number of phenols is 1. The highest BCUT2D eigenvalue weighted by Crippen LogP contribution is 2.38. The van der Waals surface area contributed by atoms with Gasteiger partial charge in [0.15, 0.2) is 0 Å². The van der Waals surface area contributed by atoms with Crippen molar-refractivity contribution in [2.75, 3.05) is 0 Å². The number of halogens is 1. The lowest BCUT2D eigenvalue weighted by Gasteiger charge is -2.46. The SMILES string of the molecule is Cn1cc(-c2cc(O)c(-c3cc4nnn(C5CC(C)(C)NC(C)(C)C5)c4nn3)cc2F)cn1. The number of aromatic nitrogens is 7. The number of benzene rings is 1. The molecule has 5 rings (SSSR count). The van der Waals surface area contributed by atoms with Gasteiger partial charge in [0.1, 0.15) is 17.1 Å². The number of aromatic hydroxyl groups is 1. The van der Waals surface area contributed by atoms with E-state index in [1.165, 1.54) is 12.1 Å². The minimum absolute atomic E-state index is 0.0581. The summed E-state index contributed by atoms with van der Waals surface area (Å²) in [6, 6.07) is 4.44. The standard InChI is InChI=1S/C23H27FN8O/c1-22(2)9-14(10-23(3,4)29-22)32-21-19(27-30-32)8-18(26-28-21)16-6-17(24)15(7-20(16)33)13-11-25-31(5)12-13/h6-8,11-12,14,29,33H,9-10H2,1-5H3. The predicted octanol–water partition coefficient (Wildman–Crippen LogP) is 3.62. The molecule has 33 heavy (non-hydrogen) atoms. The van der Waals surface area contributed by atoms with E-state index in [1.807, 2.05) is 4.68 Å². The molecule has 0 atom stereocenters. The van der Waals surface area contributed by atoms with Crippen LogP contribution in [0.15, 0.2) is 30.6 Å². The molecule has 172 valence electrons. The third kappa shape index (κ3) is 3.95. The third-order valence-electron chi connectivity index (χ3n) is 6.11. The molecule has 0 spiro atoms. The van der Waals surface area contributed by atoms with Crippen molar-refractivity contribution in [2.45, 2.75) is 57.7 Å². The fourth-order valence-electron chi connectivity index (χ4n) is 5.12. The number of hydrogen-bond donors (Lipinski definition) is 2. The van der Waals surface area contributed by atoms with Gasteiger partial charge in [-0.15, -0.1) is 15.3 Å². The fraction of sp³-hybridized carbons (Fsp3) is 0.435. The molecule has 0 radical (unpaired) electrons. The molecule has 4 aromatic rings. The van der Waals surface area contributed by atoms with Crippen LogP contribution in [-0.2, 0) is 7.05 Å². The van der Waals surface area contributed by atoms with Crippen LogP contribution >= 0.6 is 0 Å². The molecule has 10 heteroatoms. The van der Waals surface area contributed by atoms with Gasteiger partial charge in [-0.2, -0.15) is 5.10 Å². The molecule has 1 aliphatic heterocycles. The number of nitrogens with one attached hydrogen (secondary N) is 1. The maximum atomic E-state index is 14.9. The highest BCUT2D eigenvalue weighted by molar-refractivity contribution is 5.79. The van der Waals surface area contributed by atoms with E-state index in [9.17, 15) is 9.50 Å². The van der Waals surface area contributed by atoms with Crippen molar-refractivity contribution >= 4 is 11.2 Å². The molecule has 0 saturated carbocycles.